The van der Waals surface area contributed by atoms with Gasteiger partial charge in [0.2, 0.25) is 0 Å². The van der Waals surface area contributed by atoms with Crippen molar-refractivity contribution in [3.8, 4) is 5.75 Å². The molecular formula is C11H16N2O. The van der Waals surface area contributed by atoms with Crippen molar-refractivity contribution in [1.29, 1.82) is 5.41 Å². The molecule has 0 saturated carbocycles. The monoisotopic (exact) mass is 192 g/mol. The highest BCUT2D eigenvalue weighted by molar-refractivity contribution is 5.81. The molecule has 0 spiro atoms. The summed E-state index contributed by atoms with van der Waals surface area (Å²) in [5, 5.41) is 7.18. The zero-order valence-corrected chi connectivity index (χ0v) is 8.58. The molecule has 0 fully saturated rings. The van der Waals surface area contributed by atoms with Gasteiger partial charge in [0.15, 0.2) is 6.10 Å². The zero-order valence-electron chi connectivity index (χ0n) is 8.58. The molecule has 1 atom stereocenters. The van der Waals surface area contributed by atoms with Gasteiger partial charge in [-0.05, 0) is 31.0 Å². The highest BCUT2D eigenvalue weighted by atomic mass is 16.5. The lowest BCUT2D eigenvalue weighted by atomic mass is 10.2. The molecule has 0 aliphatic carbocycles. The number of hydrogen-bond donors (Lipinski definition) is 2. The van der Waals surface area contributed by atoms with Crippen LogP contribution in [0.1, 0.15) is 19.4 Å². The fraction of sp³-hybridized carbons (Fsp3) is 0.364. The molecule has 3 nitrogen and oxygen atoms in total. The van der Waals surface area contributed by atoms with Crippen LogP contribution in [0.15, 0.2) is 24.3 Å². The van der Waals surface area contributed by atoms with Gasteiger partial charge in [0.05, 0.1) is 0 Å². The quantitative estimate of drug-likeness (QED) is 0.566. The first kappa shape index (κ1) is 10.6. The third-order valence-electron chi connectivity index (χ3n) is 2.08. The maximum Gasteiger partial charge on any atom is 0.152 e. The van der Waals surface area contributed by atoms with Crippen LogP contribution in [0.4, 0.5) is 0 Å². The van der Waals surface area contributed by atoms with Crippen molar-refractivity contribution in [3.63, 3.8) is 0 Å². The van der Waals surface area contributed by atoms with Crippen molar-refractivity contribution >= 4 is 5.84 Å². The van der Waals surface area contributed by atoms with Crippen molar-refractivity contribution in [1.82, 2.24) is 0 Å². The molecular weight excluding hydrogens is 176 g/mol. The van der Waals surface area contributed by atoms with Gasteiger partial charge < -0.3 is 10.5 Å². The first-order valence-corrected chi connectivity index (χ1v) is 4.73. The summed E-state index contributed by atoms with van der Waals surface area (Å²) in [4.78, 5) is 0. The second-order valence-electron chi connectivity index (χ2n) is 3.21. The molecule has 0 bridgehead atoms. The first-order valence-electron chi connectivity index (χ1n) is 4.73. The van der Waals surface area contributed by atoms with E-state index in [0.717, 1.165) is 12.2 Å². The van der Waals surface area contributed by atoms with Crippen LogP contribution < -0.4 is 10.5 Å². The normalized spacial score (nSPS) is 12.1. The minimum atomic E-state index is -0.359. The fourth-order valence-corrected chi connectivity index (χ4v) is 1.07. The van der Waals surface area contributed by atoms with E-state index in [1.807, 2.05) is 24.3 Å². The van der Waals surface area contributed by atoms with Gasteiger partial charge in [-0.2, -0.15) is 0 Å². The Balaban J connectivity index is 2.64. The van der Waals surface area contributed by atoms with Gasteiger partial charge in [0.25, 0.3) is 0 Å². The minimum absolute atomic E-state index is 0.0459. The minimum Gasteiger partial charge on any atom is -0.483 e. The Bertz CT molecular complexity index is 306. The maximum absolute atomic E-state index is 7.18. The molecule has 1 unspecified atom stereocenters. The number of amidine groups is 1. The number of aryl methyl sites for hydroxylation is 1. The molecule has 0 aliphatic rings. The number of benzene rings is 1. The lowest BCUT2D eigenvalue weighted by Crippen LogP contribution is -2.29. The van der Waals surface area contributed by atoms with Gasteiger partial charge in [0.1, 0.15) is 11.6 Å². The highest BCUT2D eigenvalue weighted by Gasteiger charge is 2.05. The standard InChI is InChI=1S/C11H16N2O/c1-3-9-4-6-10(7-5-9)14-8(2)11(12)13/h4-8H,3H2,1-2H3,(H3,12,13). The summed E-state index contributed by atoms with van der Waals surface area (Å²) in [5.41, 5.74) is 6.57. The maximum atomic E-state index is 7.18. The van der Waals surface area contributed by atoms with E-state index < -0.39 is 0 Å². The summed E-state index contributed by atoms with van der Waals surface area (Å²) < 4.78 is 5.43. The third kappa shape index (κ3) is 2.76. The summed E-state index contributed by atoms with van der Waals surface area (Å²) in [6.45, 7) is 3.87. The van der Waals surface area contributed by atoms with Crippen LogP contribution in [0, 0.1) is 5.41 Å². The number of hydrogen-bond acceptors (Lipinski definition) is 2. The van der Waals surface area contributed by atoms with E-state index in [1.165, 1.54) is 5.56 Å². The van der Waals surface area contributed by atoms with Crippen LogP contribution in [0.25, 0.3) is 0 Å². The molecule has 1 aromatic rings. The van der Waals surface area contributed by atoms with E-state index in [1.54, 1.807) is 6.92 Å². The molecule has 0 saturated heterocycles. The fourth-order valence-electron chi connectivity index (χ4n) is 1.07. The highest BCUT2D eigenvalue weighted by Crippen LogP contribution is 2.13. The Kier molecular flexibility index (Phi) is 3.51. The van der Waals surface area contributed by atoms with Crippen molar-refractivity contribution < 1.29 is 4.74 Å². The summed E-state index contributed by atoms with van der Waals surface area (Å²) in [6.07, 6.45) is 0.658. The van der Waals surface area contributed by atoms with Crippen molar-refractivity contribution in [2.24, 2.45) is 5.73 Å². The molecule has 1 aromatic carbocycles. The summed E-state index contributed by atoms with van der Waals surface area (Å²) in [5.74, 6) is 0.800. The van der Waals surface area contributed by atoms with Crippen LogP contribution in [0.5, 0.6) is 5.75 Å². The summed E-state index contributed by atoms with van der Waals surface area (Å²) in [6, 6.07) is 7.83. The molecule has 76 valence electrons. The number of ether oxygens (including phenoxy) is 1. The van der Waals surface area contributed by atoms with E-state index in [-0.39, 0.29) is 11.9 Å². The molecule has 0 amide bonds. The van der Waals surface area contributed by atoms with Gasteiger partial charge in [-0.1, -0.05) is 19.1 Å². The average Bonchev–Trinajstić information content (AvgIpc) is 2.19. The Morgan fingerprint density at radius 3 is 2.43 bits per heavy atom. The summed E-state index contributed by atoms with van der Waals surface area (Å²) in [7, 11) is 0. The SMILES string of the molecule is CCc1ccc(OC(C)C(=N)N)cc1. The van der Waals surface area contributed by atoms with E-state index in [4.69, 9.17) is 15.9 Å². The molecule has 14 heavy (non-hydrogen) atoms. The Labute approximate surface area is 84.4 Å². The second kappa shape index (κ2) is 4.65. The third-order valence-corrected chi connectivity index (χ3v) is 2.08. The van der Waals surface area contributed by atoms with Crippen molar-refractivity contribution in [2.75, 3.05) is 0 Å². The largest absolute Gasteiger partial charge is 0.483 e. The number of rotatable bonds is 4. The van der Waals surface area contributed by atoms with Crippen LogP contribution in [-0.2, 0) is 6.42 Å². The van der Waals surface area contributed by atoms with E-state index >= 15 is 0 Å². The second-order valence-corrected chi connectivity index (χ2v) is 3.21. The Morgan fingerprint density at radius 1 is 1.43 bits per heavy atom. The van der Waals surface area contributed by atoms with Gasteiger partial charge in [-0.3, -0.25) is 5.41 Å². The molecule has 0 aromatic heterocycles. The van der Waals surface area contributed by atoms with E-state index in [0.29, 0.717) is 0 Å². The van der Waals surface area contributed by atoms with Crippen LogP contribution >= 0.6 is 0 Å². The predicted molar refractivity (Wildman–Crippen MR) is 57.8 cm³/mol. The number of nitrogens with two attached hydrogens (primary N) is 1. The van der Waals surface area contributed by atoms with E-state index in [9.17, 15) is 0 Å². The molecule has 1 rings (SSSR count). The lowest BCUT2D eigenvalue weighted by molar-refractivity contribution is 0.284. The van der Waals surface area contributed by atoms with Crippen LogP contribution in [0.3, 0.4) is 0 Å². The van der Waals surface area contributed by atoms with Gasteiger partial charge in [0, 0.05) is 0 Å². The smallest absolute Gasteiger partial charge is 0.152 e. The van der Waals surface area contributed by atoms with Gasteiger partial charge in [-0.25, -0.2) is 0 Å². The summed E-state index contributed by atoms with van der Waals surface area (Å²) >= 11 is 0. The predicted octanol–water partition coefficient (Wildman–Crippen LogP) is 1.95. The topological polar surface area (TPSA) is 59.1 Å². The Morgan fingerprint density at radius 2 is 2.00 bits per heavy atom. The molecule has 0 radical (unpaired) electrons. The van der Waals surface area contributed by atoms with Gasteiger partial charge >= 0.3 is 0 Å². The Hall–Kier alpha value is -1.51. The zero-order chi connectivity index (χ0) is 10.6. The molecule has 0 heterocycles. The lowest BCUT2D eigenvalue weighted by Gasteiger charge is -2.12. The first-order chi connectivity index (χ1) is 6.63. The van der Waals surface area contributed by atoms with Crippen LogP contribution in [0.2, 0.25) is 0 Å². The van der Waals surface area contributed by atoms with Crippen molar-refractivity contribution in [3.05, 3.63) is 29.8 Å². The molecule has 3 N–H and O–H groups in total. The van der Waals surface area contributed by atoms with Crippen molar-refractivity contribution in [2.45, 2.75) is 26.4 Å². The van der Waals surface area contributed by atoms with E-state index in [2.05, 4.69) is 6.92 Å². The molecule has 3 heteroatoms. The van der Waals surface area contributed by atoms with Crippen LogP contribution in [-0.4, -0.2) is 11.9 Å². The van der Waals surface area contributed by atoms with Gasteiger partial charge in [-0.15, -0.1) is 0 Å². The number of nitrogens with one attached hydrogen (secondary N) is 1. The average molecular weight is 192 g/mol. The molecule has 0 aliphatic heterocycles.